The summed E-state index contributed by atoms with van der Waals surface area (Å²) in [7, 11) is 1.42. The fraction of sp³-hybridized carbons (Fsp3) is 0.0526. The zero-order valence-corrected chi connectivity index (χ0v) is 14.2. The Kier molecular flexibility index (Phi) is 5.07. The third kappa shape index (κ3) is 4.06. The molecule has 0 atom stereocenters. The van der Waals surface area contributed by atoms with Gasteiger partial charge in [-0.1, -0.05) is 0 Å². The topological polar surface area (TPSA) is 94.4 Å². The largest absolute Gasteiger partial charge is 0.497 e. The lowest BCUT2D eigenvalue weighted by molar-refractivity contribution is -0.384. The number of pyridine rings is 1. The maximum absolute atomic E-state index is 13.0. The second-order valence-corrected chi connectivity index (χ2v) is 5.53. The number of methoxy groups -OCH3 is 1. The van der Waals surface area contributed by atoms with Crippen molar-refractivity contribution in [1.82, 2.24) is 4.98 Å². The molecular weight excluding hydrogens is 353 g/mol. The Balaban J connectivity index is 1.91. The molecule has 0 spiro atoms. The minimum atomic E-state index is -0.505. The van der Waals surface area contributed by atoms with Crippen LogP contribution < -0.4 is 10.1 Å². The van der Waals surface area contributed by atoms with Gasteiger partial charge in [0.2, 0.25) is 0 Å². The van der Waals surface area contributed by atoms with E-state index in [2.05, 4.69) is 10.3 Å². The molecule has 8 heteroatoms. The molecule has 3 aromatic rings. The van der Waals surface area contributed by atoms with Crippen molar-refractivity contribution in [3.8, 4) is 16.9 Å². The zero-order valence-electron chi connectivity index (χ0n) is 14.2. The first-order valence-corrected chi connectivity index (χ1v) is 7.83. The van der Waals surface area contributed by atoms with Crippen LogP contribution in [0.25, 0.3) is 11.1 Å². The summed E-state index contributed by atoms with van der Waals surface area (Å²) in [5, 5.41) is 14.0. The van der Waals surface area contributed by atoms with Crippen LogP contribution in [0, 0.1) is 15.9 Å². The van der Waals surface area contributed by atoms with Gasteiger partial charge >= 0.3 is 0 Å². The van der Waals surface area contributed by atoms with Crippen molar-refractivity contribution in [3.63, 3.8) is 0 Å². The molecular formula is C19H14FN3O4. The van der Waals surface area contributed by atoms with E-state index in [1.807, 2.05) is 0 Å². The van der Waals surface area contributed by atoms with Crippen LogP contribution in [0.3, 0.4) is 0 Å². The number of nitro benzene ring substituents is 1. The van der Waals surface area contributed by atoms with Gasteiger partial charge in [-0.3, -0.25) is 14.9 Å². The van der Waals surface area contributed by atoms with Crippen LogP contribution >= 0.6 is 0 Å². The molecule has 7 nitrogen and oxygen atoms in total. The quantitative estimate of drug-likeness (QED) is 0.542. The molecule has 0 aliphatic carbocycles. The summed E-state index contributed by atoms with van der Waals surface area (Å²) in [6, 6.07) is 12.7. The van der Waals surface area contributed by atoms with Crippen LogP contribution in [0.1, 0.15) is 10.4 Å². The van der Waals surface area contributed by atoms with Crippen LogP contribution in [0.5, 0.6) is 5.75 Å². The number of hydrogen-bond acceptors (Lipinski definition) is 5. The number of amides is 1. The van der Waals surface area contributed by atoms with E-state index in [1.54, 1.807) is 18.2 Å². The van der Waals surface area contributed by atoms with Crippen LogP contribution in [0.2, 0.25) is 0 Å². The maximum atomic E-state index is 13.0. The molecule has 0 radical (unpaired) electrons. The first-order valence-electron chi connectivity index (χ1n) is 7.83. The summed E-state index contributed by atoms with van der Waals surface area (Å²) < 4.78 is 18.0. The number of halogens is 1. The Bertz CT molecular complexity index is 1010. The number of ether oxygens (including phenoxy) is 1. The van der Waals surface area contributed by atoms with Gasteiger partial charge in [-0.2, -0.15) is 0 Å². The molecule has 3 rings (SSSR count). The molecule has 0 aliphatic rings. The fourth-order valence-corrected chi connectivity index (χ4v) is 2.49. The molecule has 1 N–H and O–H groups in total. The van der Waals surface area contributed by atoms with E-state index in [9.17, 15) is 19.3 Å². The van der Waals surface area contributed by atoms with E-state index in [4.69, 9.17) is 4.74 Å². The molecule has 0 saturated heterocycles. The molecule has 2 aromatic carbocycles. The number of anilines is 1. The molecule has 1 aromatic heterocycles. The minimum Gasteiger partial charge on any atom is -0.497 e. The van der Waals surface area contributed by atoms with E-state index in [0.29, 0.717) is 16.9 Å². The highest BCUT2D eigenvalue weighted by Crippen LogP contribution is 2.33. The summed E-state index contributed by atoms with van der Waals surface area (Å²) >= 11 is 0. The van der Waals surface area contributed by atoms with Crippen LogP contribution in [-0.2, 0) is 0 Å². The number of nitro groups is 1. The monoisotopic (exact) mass is 367 g/mol. The highest BCUT2D eigenvalue weighted by Gasteiger charge is 2.17. The lowest BCUT2D eigenvalue weighted by atomic mass is 10.0. The van der Waals surface area contributed by atoms with Crippen LogP contribution in [-0.4, -0.2) is 22.9 Å². The van der Waals surface area contributed by atoms with E-state index in [0.717, 1.165) is 0 Å². The maximum Gasteiger partial charge on any atom is 0.280 e. The second-order valence-electron chi connectivity index (χ2n) is 5.53. The number of carbonyl (C=O) groups excluding carboxylic acids is 1. The minimum absolute atomic E-state index is 0.128. The number of rotatable bonds is 5. The van der Waals surface area contributed by atoms with Gasteiger partial charge in [-0.05, 0) is 54.1 Å². The SMILES string of the molecule is COc1ccc(-c2ccnc(NC(=O)c3ccc(F)cc3)c2)c([N+](=O)[O-])c1. The first kappa shape index (κ1) is 18.0. The van der Waals surface area contributed by atoms with Gasteiger partial charge in [0.25, 0.3) is 11.6 Å². The molecule has 0 fully saturated rings. The normalized spacial score (nSPS) is 10.3. The summed E-state index contributed by atoms with van der Waals surface area (Å²) in [4.78, 5) is 27.2. The zero-order chi connectivity index (χ0) is 19.4. The van der Waals surface area contributed by atoms with Crippen molar-refractivity contribution in [2.24, 2.45) is 0 Å². The lowest BCUT2D eigenvalue weighted by Crippen LogP contribution is -2.12. The Morgan fingerprint density at radius 3 is 2.56 bits per heavy atom. The van der Waals surface area contributed by atoms with Gasteiger partial charge < -0.3 is 10.1 Å². The summed E-state index contributed by atoms with van der Waals surface area (Å²) in [5.41, 5.74) is 1.00. The number of aromatic nitrogens is 1. The van der Waals surface area contributed by atoms with Gasteiger partial charge in [-0.25, -0.2) is 9.37 Å². The van der Waals surface area contributed by atoms with Crippen molar-refractivity contribution in [2.75, 3.05) is 12.4 Å². The van der Waals surface area contributed by atoms with E-state index < -0.39 is 16.6 Å². The Hall–Kier alpha value is -3.81. The highest BCUT2D eigenvalue weighted by atomic mass is 19.1. The fourth-order valence-electron chi connectivity index (χ4n) is 2.49. The molecule has 0 aliphatic heterocycles. The standard InChI is InChI=1S/C19H14FN3O4/c1-27-15-6-7-16(17(11-15)23(25)26)13-8-9-21-18(10-13)22-19(24)12-2-4-14(20)5-3-12/h2-11H,1H3,(H,21,22,24). The number of nitrogens with zero attached hydrogens (tertiary/aromatic N) is 2. The van der Waals surface area contributed by atoms with Gasteiger partial charge in [-0.15, -0.1) is 0 Å². The van der Waals surface area contributed by atoms with Gasteiger partial charge in [0.05, 0.1) is 23.7 Å². The summed E-state index contributed by atoms with van der Waals surface area (Å²) in [5.74, 6) is -0.335. The number of benzene rings is 2. The number of nitrogens with one attached hydrogen (secondary N) is 1. The van der Waals surface area contributed by atoms with E-state index >= 15 is 0 Å². The van der Waals surface area contributed by atoms with Crippen LogP contribution in [0.4, 0.5) is 15.9 Å². The molecule has 1 amide bonds. The Morgan fingerprint density at radius 2 is 1.89 bits per heavy atom. The van der Waals surface area contributed by atoms with Crippen LogP contribution in [0.15, 0.2) is 60.8 Å². The second kappa shape index (κ2) is 7.61. The molecule has 0 saturated carbocycles. The third-order valence-corrected chi connectivity index (χ3v) is 3.82. The average molecular weight is 367 g/mol. The van der Waals surface area contributed by atoms with E-state index in [-0.39, 0.29) is 17.1 Å². The average Bonchev–Trinajstić information content (AvgIpc) is 2.68. The first-order chi connectivity index (χ1) is 13.0. The summed E-state index contributed by atoms with van der Waals surface area (Å²) in [6.07, 6.45) is 1.43. The van der Waals surface area contributed by atoms with E-state index in [1.165, 1.54) is 49.7 Å². The number of carbonyl (C=O) groups is 1. The Labute approximate surface area is 153 Å². The molecule has 1 heterocycles. The highest BCUT2D eigenvalue weighted by molar-refractivity contribution is 6.04. The van der Waals surface area contributed by atoms with Crippen molar-refractivity contribution in [3.05, 3.63) is 82.3 Å². The Morgan fingerprint density at radius 1 is 1.15 bits per heavy atom. The lowest BCUT2D eigenvalue weighted by Gasteiger charge is -2.08. The molecule has 136 valence electrons. The molecule has 27 heavy (non-hydrogen) atoms. The van der Waals surface area contributed by atoms with Gasteiger partial charge in [0.1, 0.15) is 17.4 Å². The van der Waals surface area contributed by atoms with Gasteiger partial charge in [0, 0.05) is 11.8 Å². The number of hydrogen-bond donors (Lipinski definition) is 1. The predicted octanol–water partition coefficient (Wildman–Crippen LogP) is 4.06. The molecule has 0 bridgehead atoms. The van der Waals surface area contributed by atoms with Crippen molar-refractivity contribution in [2.45, 2.75) is 0 Å². The predicted molar refractivity (Wildman–Crippen MR) is 97.2 cm³/mol. The summed E-state index contributed by atoms with van der Waals surface area (Å²) in [6.45, 7) is 0. The van der Waals surface area contributed by atoms with Gasteiger partial charge in [0.15, 0.2) is 0 Å². The third-order valence-electron chi connectivity index (χ3n) is 3.82. The van der Waals surface area contributed by atoms with Crippen molar-refractivity contribution in [1.29, 1.82) is 0 Å². The smallest absolute Gasteiger partial charge is 0.280 e. The van der Waals surface area contributed by atoms with Crippen molar-refractivity contribution < 1.29 is 18.8 Å². The molecule has 0 unspecified atom stereocenters. The van der Waals surface area contributed by atoms with Crippen molar-refractivity contribution >= 4 is 17.4 Å².